The number of piperidine rings is 1. The highest BCUT2D eigenvalue weighted by molar-refractivity contribution is 7.86. The predicted molar refractivity (Wildman–Crippen MR) is 87.3 cm³/mol. The van der Waals surface area contributed by atoms with Crippen LogP contribution in [0.1, 0.15) is 25.6 Å². The predicted octanol–water partition coefficient (Wildman–Crippen LogP) is 0.945. The number of piperazine rings is 1. The molecule has 1 aromatic rings. The van der Waals surface area contributed by atoms with E-state index >= 15 is 0 Å². The third-order valence-corrected chi connectivity index (χ3v) is 7.17. The van der Waals surface area contributed by atoms with Crippen molar-refractivity contribution in [2.24, 2.45) is 5.92 Å². The first-order valence-corrected chi connectivity index (χ1v) is 9.94. The summed E-state index contributed by atoms with van der Waals surface area (Å²) in [5.41, 5.74) is 0. The molecule has 22 heavy (non-hydrogen) atoms. The Morgan fingerprint density at radius 3 is 2.45 bits per heavy atom. The van der Waals surface area contributed by atoms with E-state index in [1.165, 1.54) is 11.5 Å². The van der Waals surface area contributed by atoms with Crippen LogP contribution >= 0.6 is 11.5 Å². The van der Waals surface area contributed by atoms with Gasteiger partial charge in [-0.3, -0.25) is 0 Å². The van der Waals surface area contributed by atoms with E-state index in [-0.39, 0.29) is 0 Å². The third kappa shape index (κ3) is 3.27. The lowest BCUT2D eigenvalue weighted by Crippen LogP contribution is -2.54. The lowest BCUT2D eigenvalue weighted by Gasteiger charge is -2.38. The number of nitrogens with zero attached hydrogens (tertiary/aromatic N) is 5. The zero-order valence-electron chi connectivity index (χ0n) is 13.1. The molecule has 1 unspecified atom stereocenters. The minimum atomic E-state index is -3.31. The van der Waals surface area contributed by atoms with Crippen molar-refractivity contribution in [3.63, 3.8) is 0 Å². The van der Waals surface area contributed by atoms with Gasteiger partial charge in [-0.05, 0) is 25.7 Å². The Labute approximate surface area is 136 Å². The zero-order valence-corrected chi connectivity index (χ0v) is 14.7. The zero-order chi connectivity index (χ0) is 15.7. The second-order valence-electron chi connectivity index (χ2n) is 6.12. The minimum absolute atomic E-state index is 0.453. The maximum Gasteiger partial charge on any atom is 0.282 e. The molecule has 2 fully saturated rings. The fourth-order valence-electron chi connectivity index (χ4n) is 3.04. The summed E-state index contributed by atoms with van der Waals surface area (Å²) in [6.07, 6.45) is 2.08. The molecule has 0 N–H and O–H groups in total. The first-order chi connectivity index (χ1) is 10.5. The molecule has 2 aliphatic rings. The summed E-state index contributed by atoms with van der Waals surface area (Å²) < 4.78 is 33.0. The van der Waals surface area contributed by atoms with Crippen molar-refractivity contribution in [2.45, 2.75) is 26.7 Å². The Hall–Kier alpha value is -0.770. The van der Waals surface area contributed by atoms with Gasteiger partial charge >= 0.3 is 0 Å². The molecular formula is C13H23N5O2S2. The van der Waals surface area contributed by atoms with Gasteiger partial charge in [-0.25, -0.2) is 4.98 Å². The Bertz CT molecular complexity index is 610. The molecule has 0 aliphatic carbocycles. The van der Waals surface area contributed by atoms with E-state index in [9.17, 15) is 8.42 Å². The van der Waals surface area contributed by atoms with Crippen molar-refractivity contribution in [3.05, 3.63) is 5.82 Å². The summed E-state index contributed by atoms with van der Waals surface area (Å²) in [5, 5.41) is 0.890. The highest BCUT2D eigenvalue weighted by atomic mass is 32.2. The smallest absolute Gasteiger partial charge is 0.282 e. The number of aromatic nitrogens is 2. The van der Waals surface area contributed by atoms with Gasteiger partial charge in [0.25, 0.3) is 10.2 Å². The van der Waals surface area contributed by atoms with Crippen molar-refractivity contribution in [3.8, 4) is 0 Å². The summed E-state index contributed by atoms with van der Waals surface area (Å²) in [6, 6.07) is 0. The molecule has 124 valence electrons. The maximum atomic E-state index is 12.7. The van der Waals surface area contributed by atoms with Crippen molar-refractivity contribution in [1.29, 1.82) is 0 Å². The van der Waals surface area contributed by atoms with Gasteiger partial charge in [0.05, 0.1) is 0 Å². The van der Waals surface area contributed by atoms with Crippen LogP contribution in [0, 0.1) is 12.8 Å². The van der Waals surface area contributed by atoms with Gasteiger partial charge in [-0.1, -0.05) is 6.92 Å². The lowest BCUT2D eigenvalue weighted by atomic mass is 10.0. The van der Waals surface area contributed by atoms with Gasteiger partial charge < -0.3 is 4.90 Å². The molecule has 3 rings (SSSR count). The Balaban J connectivity index is 1.62. The Morgan fingerprint density at radius 1 is 1.14 bits per heavy atom. The van der Waals surface area contributed by atoms with Crippen LogP contribution in [0.3, 0.4) is 0 Å². The van der Waals surface area contributed by atoms with Crippen molar-refractivity contribution >= 4 is 26.9 Å². The standard InChI is InChI=1S/C13H23N5O2S2/c1-11-4-3-5-18(10-11)22(19,20)17-8-6-16(7-9-17)13-14-12(2)15-21-13/h11H,3-10H2,1-2H3. The van der Waals surface area contributed by atoms with E-state index in [2.05, 4.69) is 21.2 Å². The Morgan fingerprint density at radius 2 is 1.86 bits per heavy atom. The van der Waals surface area contributed by atoms with Gasteiger partial charge in [-0.15, -0.1) is 0 Å². The molecule has 2 saturated heterocycles. The summed E-state index contributed by atoms with van der Waals surface area (Å²) in [5.74, 6) is 1.23. The van der Waals surface area contributed by atoms with Crippen LogP contribution in [0.25, 0.3) is 0 Å². The number of aryl methyl sites for hydroxylation is 1. The van der Waals surface area contributed by atoms with E-state index in [0.717, 1.165) is 23.8 Å². The van der Waals surface area contributed by atoms with Crippen molar-refractivity contribution in [2.75, 3.05) is 44.2 Å². The lowest BCUT2D eigenvalue weighted by molar-refractivity contribution is 0.254. The SMILES string of the molecule is Cc1nsc(N2CCN(S(=O)(=O)N3CCCC(C)C3)CC2)n1. The first-order valence-electron chi connectivity index (χ1n) is 7.77. The van der Waals surface area contributed by atoms with Crippen LogP contribution < -0.4 is 4.90 Å². The molecule has 0 spiro atoms. The van der Waals surface area contributed by atoms with Crippen LogP contribution in [-0.2, 0) is 10.2 Å². The second-order valence-corrected chi connectivity index (χ2v) is 8.78. The monoisotopic (exact) mass is 345 g/mol. The largest absolute Gasteiger partial charge is 0.344 e. The van der Waals surface area contributed by atoms with E-state index in [4.69, 9.17) is 0 Å². The molecule has 7 nitrogen and oxygen atoms in total. The highest BCUT2D eigenvalue weighted by Crippen LogP contribution is 2.23. The second kappa shape index (κ2) is 6.38. The van der Waals surface area contributed by atoms with E-state index in [1.807, 2.05) is 6.92 Å². The molecule has 3 heterocycles. The van der Waals surface area contributed by atoms with Crippen LogP contribution in [-0.4, -0.2) is 65.7 Å². The number of rotatable bonds is 3. The van der Waals surface area contributed by atoms with Crippen LogP contribution in [0.2, 0.25) is 0 Å². The van der Waals surface area contributed by atoms with Gasteiger partial charge in [0, 0.05) is 50.8 Å². The summed E-state index contributed by atoms with van der Waals surface area (Å²) in [6.45, 7) is 7.70. The molecule has 0 aromatic carbocycles. The van der Waals surface area contributed by atoms with Gasteiger partial charge in [0.1, 0.15) is 5.82 Å². The number of anilines is 1. The molecule has 0 bridgehead atoms. The molecule has 0 radical (unpaired) electrons. The van der Waals surface area contributed by atoms with Gasteiger partial charge in [-0.2, -0.15) is 21.4 Å². The fourth-order valence-corrected chi connectivity index (χ4v) is 5.52. The molecule has 0 amide bonds. The maximum absolute atomic E-state index is 12.7. The summed E-state index contributed by atoms with van der Waals surface area (Å²) in [4.78, 5) is 6.50. The first kappa shape index (κ1) is 16.1. The molecule has 0 saturated carbocycles. The molecule has 1 aromatic heterocycles. The topological polar surface area (TPSA) is 69.6 Å². The third-order valence-electron chi connectivity index (χ3n) is 4.30. The Kier molecular flexibility index (Phi) is 4.67. The molecule has 1 atom stereocenters. The van der Waals surface area contributed by atoms with Crippen LogP contribution in [0.5, 0.6) is 0 Å². The van der Waals surface area contributed by atoms with Crippen molar-refractivity contribution in [1.82, 2.24) is 18.0 Å². The quantitative estimate of drug-likeness (QED) is 0.816. The molecular weight excluding hydrogens is 322 g/mol. The number of hydrogen-bond donors (Lipinski definition) is 0. The van der Waals surface area contributed by atoms with Crippen LogP contribution in [0.15, 0.2) is 0 Å². The summed E-state index contributed by atoms with van der Waals surface area (Å²) in [7, 11) is -3.31. The average Bonchev–Trinajstić information content (AvgIpc) is 2.94. The highest BCUT2D eigenvalue weighted by Gasteiger charge is 2.34. The van der Waals surface area contributed by atoms with E-state index in [1.54, 1.807) is 8.61 Å². The molecule has 2 aliphatic heterocycles. The van der Waals surface area contributed by atoms with Crippen LogP contribution in [0.4, 0.5) is 5.13 Å². The van der Waals surface area contributed by atoms with Crippen molar-refractivity contribution < 1.29 is 8.42 Å². The van der Waals surface area contributed by atoms with E-state index < -0.39 is 10.2 Å². The number of hydrogen-bond acceptors (Lipinski definition) is 6. The van der Waals surface area contributed by atoms with Gasteiger partial charge in [0.15, 0.2) is 0 Å². The summed E-state index contributed by atoms with van der Waals surface area (Å²) >= 11 is 1.38. The van der Waals surface area contributed by atoms with Gasteiger partial charge in [0.2, 0.25) is 5.13 Å². The minimum Gasteiger partial charge on any atom is -0.344 e. The average molecular weight is 345 g/mol. The fraction of sp³-hybridized carbons (Fsp3) is 0.846. The van der Waals surface area contributed by atoms with E-state index in [0.29, 0.717) is 45.2 Å². The molecule has 9 heteroatoms. The normalized spacial score (nSPS) is 25.5.